The Morgan fingerprint density at radius 1 is 1.00 bits per heavy atom. The molecular formula is C14H17Na3O7. The molecule has 1 saturated carbocycles. The molecule has 0 spiro atoms. The third kappa shape index (κ3) is 6.35. The third-order valence-electron chi connectivity index (χ3n) is 4.17. The number of hydrogen-bond donors (Lipinski definition) is 0. The molecule has 0 aromatic rings. The van der Waals surface area contributed by atoms with Crippen LogP contribution in [0.1, 0.15) is 45.4 Å². The first-order valence-electron chi connectivity index (χ1n) is 6.96. The van der Waals surface area contributed by atoms with Crippen LogP contribution in [0, 0.1) is 17.3 Å². The van der Waals surface area contributed by atoms with Gasteiger partial charge in [-0.2, -0.15) is 0 Å². The molecular weight excluding hydrogens is 349 g/mol. The summed E-state index contributed by atoms with van der Waals surface area (Å²) in [5, 5.41) is 33.5. The predicted molar refractivity (Wildman–Crippen MR) is 62.8 cm³/mol. The first kappa shape index (κ1) is 29.8. The van der Waals surface area contributed by atoms with Crippen LogP contribution in [-0.4, -0.2) is 23.7 Å². The van der Waals surface area contributed by atoms with Crippen LogP contribution in [0.25, 0.3) is 0 Å². The van der Waals surface area contributed by atoms with E-state index >= 15 is 0 Å². The number of hydrogen-bond acceptors (Lipinski definition) is 7. The predicted octanol–water partition coefficient (Wildman–Crippen LogP) is -11.6. The van der Waals surface area contributed by atoms with Crippen LogP contribution in [0.3, 0.4) is 0 Å². The molecule has 0 amide bonds. The number of carboxylic acids is 3. The number of carbonyl (C=O) groups excluding carboxylic acids is 4. The van der Waals surface area contributed by atoms with E-state index < -0.39 is 47.4 Å². The van der Waals surface area contributed by atoms with E-state index in [4.69, 9.17) is 0 Å². The summed E-state index contributed by atoms with van der Waals surface area (Å²) in [6.45, 7) is 1.96. The van der Waals surface area contributed by atoms with Crippen molar-refractivity contribution >= 4 is 23.7 Å². The summed E-state index contributed by atoms with van der Waals surface area (Å²) in [6, 6.07) is 0. The van der Waals surface area contributed by atoms with Gasteiger partial charge < -0.3 is 29.7 Å². The molecule has 1 rings (SSSR count). The van der Waals surface area contributed by atoms with Gasteiger partial charge in [0.15, 0.2) is 0 Å². The van der Waals surface area contributed by atoms with Crippen molar-refractivity contribution in [2.45, 2.75) is 45.4 Å². The van der Waals surface area contributed by atoms with Crippen molar-refractivity contribution in [3.8, 4) is 0 Å². The van der Waals surface area contributed by atoms with Crippen molar-refractivity contribution in [2.24, 2.45) is 17.3 Å². The van der Waals surface area contributed by atoms with E-state index in [1.54, 1.807) is 0 Å². The Balaban J connectivity index is -0.00000147. The fourth-order valence-corrected chi connectivity index (χ4v) is 2.95. The van der Waals surface area contributed by atoms with E-state index in [-0.39, 0.29) is 95.1 Å². The van der Waals surface area contributed by atoms with Crippen molar-refractivity contribution in [3.63, 3.8) is 0 Å². The van der Waals surface area contributed by atoms with Gasteiger partial charge in [0, 0.05) is 5.92 Å². The van der Waals surface area contributed by atoms with Crippen LogP contribution >= 0.6 is 0 Å². The van der Waals surface area contributed by atoms with Crippen LogP contribution in [0.15, 0.2) is 0 Å². The second-order valence-electron chi connectivity index (χ2n) is 5.43. The Morgan fingerprint density at radius 2 is 1.50 bits per heavy atom. The number of Topliss-reactive ketones (excluding diaryl/α,β-unsaturated/α-hetero) is 1. The molecule has 1 fully saturated rings. The number of unbranched alkanes of at least 4 members (excludes halogenated alkanes) is 3. The van der Waals surface area contributed by atoms with Gasteiger partial charge >= 0.3 is 88.7 Å². The summed E-state index contributed by atoms with van der Waals surface area (Å²) in [4.78, 5) is 45.5. The molecule has 0 bridgehead atoms. The Kier molecular flexibility index (Phi) is 16.5. The van der Waals surface area contributed by atoms with Gasteiger partial charge in [-0.3, -0.25) is 4.79 Å². The van der Waals surface area contributed by atoms with Crippen LogP contribution in [0.2, 0.25) is 0 Å². The van der Waals surface area contributed by atoms with Crippen molar-refractivity contribution in [1.82, 2.24) is 0 Å². The van der Waals surface area contributed by atoms with Gasteiger partial charge in [0.05, 0.1) is 29.2 Å². The summed E-state index contributed by atoms with van der Waals surface area (Å²) in [6.07, 6.45) is 2.03. The number of rotatable bonds is 8. The molecule has 118 valence electrons. The summed E-state index contributed by atoms with van der Waals surface area (Å²) < 4.78 is 0. The zero-order chi connectivity index (χ0) is 16.2. The maximum absolute atomic E-state index is 12.0. The molecule has 0 aliphatic heterocycles. The summed E-state index contributed by atoms with van der Waals surface area (Å²) in [5.41, 5.74) is -2.58. The molecule has 1 aliphatic carbocycles. The molecule has 0 aromatic carbocycles. The summed E-state index contributed by atoms with van der Waals surface area (Å²) in [5.74, 6) is -9.80. The minimum Gasteiger partial charge on any atom is -0.549 e. The average Bonchev–Trinajstić information content (AvgIpc) is 2.69. The fourth-order valence-electron chi connectivity index (χ4n) is 2.95. The zero-order valence-electron chi connectivity index (χ0n) is 14.8. The summed E-state index contributed by atoms with van der Waals surface area (Å²) in [7, 11) is 0. The molecule has 0 aromatic heterocycles. The van der Waals surface area contributed by atoms with E-state index in [0.717, 1.165) is 12.8 Å². The van der Waals surface area contributed by atoms with Gasteiger partial charge in [0.1, 0.15) is 5.78 Å². The van der Waals surface area contributed by atoms with Gasteiger partial charge in [0.25, 0.3) is 0 Å². The van der Waals surface area contributed by atoms with Crippen molar-refractivity contribution < 1.29 is 123 Å². The molecule has 0 saturated heterocycles. The molecule has 2 atom stereocenters. The van der Waals surface area contributed by atoms with Crippen molar-refractivity contribution in [3.05, 3.63) is 0 Å². The minimum atomic E-state index is -2.58. The van der Waals surface area contributed by atoms with E-state index in [9.17, 15) is 34.5 Å². The quantitative estimate of drug-likeness (QED) is 0.236. The van der Waals surface area contributed by atoms with Gasteiger partial charge in [-0.25, -0.2) is 0 Å². The van der Waals surface area contributed by atoms with E-state index in [1.807, 2.05) is 6.92 Å². The van der Waals surface area contributed by atoms with Crippen LogP contribution in [0.5, 0.6) is 0 Å². The van der Waals surface area contributed by atoms with Crippen LogP contribution < -0.4 is 104 Å². The van der Waals surface area contributed by atoms with Crippen molar-refractivity contribution in [2.75, 3.05) is 0 Å². The maximum Gasteiger partial charge on any atom is 1.00 e. The molecule has 1 aliphatic rings. The van der Waals surface area contributed by atoms with E-state index in [2.05, 4.69) is 0 Å². The van der Waals surface area contributed by atoms with E-state index in [1.165, 1.54) is 0 Å². The molecule has 7 nitrogen and oxygen atoms in total. The average molecular weight is 366 g/mol. The maximum atomic E-state index is 12.0. The molecule has 0 radical (unpaired) electrons. The summed E-state index contributed by atoms with van der Waals surface area (Å²) >= 11 is 0. The Morgan fingerprint density at radius 3 is 1.88 bits per heavy atom. The number of carboxylic acid groups (broad SMARTS) is 3. The van der Waals surface area contributed by atoms with Gasteiger partial charge in [-0.05, 0) is 12.8 Å². The van der Waals surface area contributed by atoms with Crippen LogP contribution in [0.4, 0.5) is 0 Å². The smallest absolute Gasteiger partial charge is 0.549 e. The van der Waals surface area contributed by atoms with Gasteiger partial charge in [0.2, 0.25) is 0 Å². The van der Waals surface area contributed by atoms with Gasteiger partial charge in [-0.1, -0.05) is 32.6 Å². The minimum absolute atomic E-state index is 0. The fraction of sp³-hybridized carbons (Fsp3) is 0.714. The monoisotopic (exact) mass is 366 g/mol. The molecule has 24 heavy (non-hydrogen) atoms. The second-order valence-corrected chi connectivity index (χ2v) is 5.43. The molecule has 2 unspecified atom stereocenters. The zero-order valence-corrected chi connectivity index (χ0v) is 20.8. The number of ketones is 1. The van der Waals surface area contributed by atoms with E-state index in [0.29, 0.717) is 12.8 Å². The number of aliphatic carboxylic acids is 3. The van der Waals surface area contributed by atoms with Gasteiger partial charge in [-0.15, -0.1) is 0 Å². The Labute approximate surface area is 207 Å². The second kappa shape index (κ2) is 13.3. The first-order valence-corrected chi connectivity index (χ1v) is 6.96. The SMILES string of the molecule is CCCCCCC1C(=O)C(C(=O)[O-])CC1(C(=O)[O-])C(=O)[O-].[Na+].[Na+].[Na+]. The normalized spacial score (nSPS) is 21.0. The number of carbonyl (C=O) groups is 4. The third-order valence-corrected chi connectivity index (χ3v) is 4.17. The van der Waals surface area contributed by atoms with Crippen molar-refractivity contribution in [1.29, 1.82) is 0 Å². The Bertz CT molecular complexity index is 453. The molecule has 0 heterocycles. The largest absolute Gasteiger partial charge is 1.00 e. The molecule has 0 N–H and O–H groups in total. The van der Waals surface area contributed by atoms with Crippen LogP contribution in [-0.2, 0) is 19.2 Å². The standard InChI is InChI=1S/C14H20O7.3Na/c1-2-3-4-5-6-9-10(15)8(11(16)17)7-14(9,12(18)19)13(20)21;;;/h8-9H,2-7H2,1H3,(H,16,17)(H,18,19)(H,20,21);;;/q;3*+1/p-3. The molecule has 10 heteroatoms. The first-order chi connectivity index (χ1) is 9.78. The Hall–Kier alpha value is 1.08. The topological polar surface area (TPSA) is 137 Å².